The van der Waals surface area contributed by atoms with Crippen LogP contribution in [-0.4, -0.2) is 36.3 Å². The minimum absolute atomic E-state index is 0.00174. The lowest BCUT2D eigenvalue weighted by molar-refractivity contribution is -0.125. The van der Waals surface area contributed by atoms with Gasteiger partial charge in [-0.05, 0) is 67.2 Å². The number of para-hydroxylation sites is 1. The molecule has 28 heavy (non-hydrogen) atoms. The van der Waals surface area contributed by atoms with E-state index in [9.17, 15) is 9.59 Å². The summed E-state index contributed by atoms with van der Waals surface area (Å²) in [6, 6.07) is 8.49. The molecule has 0 spiro atoms. The molecule has 0 unspecified atom stereocenters. The van der Waals surface area contributed by atoms with Crippen molar-refractivity contribution in [2.45, 2.75) is 39.2 Å². The Labute approximate surface area is 170 Å². The zero-order valence-corrected chi connectivity index (χ0v) is 17.3. The average Bonchev–Trinajstić information content (AvgIpc) is 3.39. The zero-order valence-electron chi connectivity index (χ0n) is 16.5. The number of carbonyl (C=O) groups is 2. The number of thiophene rings is 1. The van der Waals surface area contributed by atoms with Gasteiger partial charge < -0.3 is 10.6 Å². The highest BCUT2D eigenvalue weighted by atomic mass is 32.1. The second kappa shape index (κ2) is 8.05. The molecule has 1 aliphatic carbocycles. The second-order valence-electron chi connectivity index (χ2n) is 7.89. The Morgan fingerprint density at radius 1 is 1.14 bits per heavy atom. The van der Waals surface area contributed by atoms with Gasteiger partial charge in [0.1, 0.15) is 0 Å². The molecule has 2 N–H and O–H groups in total. The first-order chi connectivity index (χ1) is 13.5. The molecular weight excluding hydrogens is 370 g/mol. The summed E-state index contributed by atoms with van der Waals surface area (Å²) >= 11 is 1.83. The van der Waals surface area contributed by atoms with Crippen LogP contribution in [0.4, 0.5) is 5.69 Å². The summed E-state index contributed by atoms with van der Waals surface area (Å²) in [6.45, 7) is 5.20. The quantitative estimate of drug-likeness (QED) is 0.785. The number of aryl methyl sites for hydroxylation is 2. The van der Waals surface area contributed by atoms with Crippen LogP contribution in [0.3, 0.4) is 0 Å². The molecule has 2 aliphatic rings. The Hall–Kier alpha value is -2.18. The minimum atomic E-state index is -0.191. The number of hydrogen-bond donors (Lipinski definition) is 2. The van der Waals surface area contributed by atoms with Crippen molar-refractivity contribution >= 4 is 28.8 Å². The fraction of sp³-hybridized carbons (Fsp3) is 0.455. The lowest BCUT2D eigenvalue weighted by Gasteiger charge is -2.35. The van der Waals surface area contributed by atoms with Gasteiger partial charge in [-0.25, -0.2) is 0 Å². The summed E-state index contributed by atoms with van der Waals surface area (Å²) in [5.41, 5.74) is 4.29. The molecule has 0 radical (unpaired) electrons. The Bertz CT molecular complexity index is 867. The number of hydrogen-bond acceptors (Lipinski definition) is 4. The highest BCUT2D eigenvalue weighted by Crippen LogP contribution is 2.48. The molecule has 148 valence electrons. The summed E-state index contributed by atoms with van der Waals surface area (Å²) < 4.78 is 0. The maximum absolute atomic E-state index is 12.5. The predicted molar refractivity (Wildman–Crippen MR) is 113 cm³/mol. The molecule has 1 atom stereocenters. The number of nitrogens with zero attached hydrogens (tertiary/aromatic N) is 1. The molecule has 2 aromatic rings. The molecule has 2 heterocycles. The van der Waals surface area contributed by atoms with Crippen LogP contribution in [-0.2, 0) is 16.0 Å². The Kier molecular flexibility index (Phi) is 5.51. The molecule has 1 aromatic carbocycles. The van der Waals surface area contributed by atoms with Gasteiger partial charge in [0.2, 0.25) is 11.8 Å². The third-order valence-corrected chi connectivity index (χ3v) is 6.72. The summed E-state index contributed by atoms with van der Waals surface area (Å²) in [4.78, 5) is 28.6. The first kappa shape index (κ1) is 19.2. The lowest BCUT2D eigenvalue weighted by Crippen LogP contribution is -2.44. The Balaban J connectivity index is 1.31. The first-order valence-electron chi connectivity index (χ1n) is 9.96. The fourth-order valence-electron chi connectivity index (χ4n) is 4.15. The summed E-state index contributed by atoms with van der Waals surface area (Å²) in [6.07, 6.45) is 3.50. The smallest absolute Gasteiger partial charge is 0.243 e. The van der Waals surface area contributed by atoms with Crippen molar-refractivity contribution in [2.24, 2.45) is 5.92 Å². The number of carbonyl (C=O) groups excluding carboxylic acids is 2. The SMILES string of the molecule is Cc1cccc(C)c1NC(=O)CNC(=O)CN1CCc2sccc2[C@@H]1C1CC1. The molecule has 2 amide bonds. The van der Waals surface area contributed by atoms with E-state index < -0.39 is 0 Å². The average molecular weight is 398 g/mol. The van der Waals surface area contributed by atoms with Crippen LogP contribution < -0.4 is 10.6 Å². The van der Waals surface area contributed by atoms with Crippen LogP contribution in [0.25, 0.3) is 0 Å². The fourth-order valence-corrected chi connectivity index (χ4v) is 5.07. The third-order valence-electron chi connectivity index (χ3n) is 5.72. The summed E-state index contributed by atoms with van der Waals surface area (Å²) in [5.74, 6) is 0.401. The normalized spacial score (nSPS) is 19.1. The summed E-state index contributed by atoms with van der Waals surface area (Å²) in [5, 5.41) is 7.88. The van der Waals surface area contributed by atoms with Crippen LogP contribution in [0, 0.1) is 19.8 Å². The number of amides is 2. The van der Waals surface area contributed by atoms with Gasteiger partial charge in [-0.1, -0.05) is 18.2 Å². The largest absolute Gasteiger partial charge is 0.346 e. The zero-order chi connectivity index (χ0) is 19.7. The van der Waals surface area contributed by atoms with Crippen molar-refractivity contribution in [1.82, 2.24) is 10.2 Å². The van der Waals surface area contributed by atoms with Gasteiger partial charge in [-0.15, -0.1) is 11.3 Å². The molecule has 6 heteroatoms. The highest BCUT2D eigenvalue weighted by molar-refractivity contribution is 7.10. The van der Waals surface area contributed by atoms with E-state index in [0.29, 0.717) is 18.5 Å². The monoisotopic (exact) mass is 397 g/mol. The first-order valence-corrected chi connectivity index (χ1v) is 10.8. The molecule has 1 fully saturated rings. The molecule has 1 saturated carbocycles. The van der Waals surface area contributed by atoms with E-state index in [1.54, 1.807) is 0 Å². The van der Waals surface area contributed by atoms with Crippen LogP contribution in [0.5, 0.6) is 0 Å². The Morgan fingerprint density at radius 3 is 2.61 bits per heavy atom. The van der Waals surface area contributed by atoms with Gasteiger partial charge >= 0.3 is 0 Å². The van der Waals surface area contributed by atoms with Gasteiger partial charge in [0, 0.05) is 23.2 Å². The predicted octanol–water partition coefficient (Wildman–Crippen LogP) is 3.43. The van der Waals surface area contributed by atoms with Crippen molar-refractivity contribution in [3.63, 3.8) is 0 Å². The van der Waals surface area contributed by atoms with E-state index in [0.717, 1.165) is 29.8 Å². The van der Waals surface area contributed by atoms with Crippen LogP contribution in [0.2, 0.25) is 0 Å². The van der Waals surface area contributed by atoms with Gasteiger partial charge in [-0.3, -0.25) is 14.5 Å². The lowest BCUT2D eigenvalue weighted by atomic mass is 9.96. The summed E-state index contributed by atoms with van der Waals surface area (Å²) in [7, 11) is 0. The van der Waals surface area contributed by atoms with E-state index in [-0.39, 0.29) is 18.4 Å². The van der Waals surface area contributed by atoms with E-state index in [1.165, 1.54) is 23.3 Å². The van der Waals surface area contributed by atoms with Crippen molar-refractivity contribution in [1.29, 1.82) is 0 Å². The second-order valence-corrected chi connectivity index (χ2v) is 8.89. The van der Waals surface area contributed by atoms with E-state index in [2.05, 4.69) is 27.0 Å². The van der Waals surface area contributed by atoms with Gasteiger partial charge in [-0.2, -0.15) is 0 Å². The van der Waals surface area contributed by atoms with E-state index >= 15 is 0 Å². The van der Waals surface area contributed by atoms with Crippen molar-refractivity contribution in [2.75, 3.05) is 25.0 Å². The maximum Gasteiger partial charge on any atom is 0.243 e. The number of anilines is 1. The number of rotatable bonds is 6. The molecular formula is C22H27N3O2S. The van der Waals surface area contributed by atoms with E-state index in [1.807, 2.05) is 43.4 Å². The maximum atomic E-state index is 12.5. The van der Waals surface area contributed by atoms with Gasteiger partial charge in [0.25, 0.3) is 0 Å². The number of fused-ring (bicyclic) bond motifs is 1. The number of benzene rings is 1. The standard InChI is InChI=1S/C22H27N3O2S/c1-14-4-3-5-15(2)21(14)24-19(26)12-23-20(27)13-25-10-8-18-17(9-11-28-18)22(25)16-6-7-16/h3-5,9,11,16,22H,6-8,10,12-13H2,1-2H3,(H,23,27)(H,24,26)/t22-/m0/s1. The van der Waals surface area contributed by atoms with Crippen molar-refractivity contribution in [3.05, 3.63) is 51.2 Å². The van der Waals surface area contributed by atoms with Crippen LogP contribution in [0.1, 0.15) is 40.5 Å². The van der Waals surface area contributed by atoms with Gasteiger partial charge in [0.05, 0.1) is 13.1 Å². The topological polar surface area (TPSA) is 61.4 Å². The van der Waals surface area contributed by atoms with E-state index in [4.69, 9.17) is 0 Å². The highest BCUT2D eigenvalue weighted by Gasteiger charge is 2.40. The molecule has 4 rings (SSSR count). The number of nitrogens with one attached hydrogen (secondary N) is 2. The van der Waals surface area contributed by atoms with Crippen LogP contribution in [0.15, 0.2) is 29.6 Å². The van der Waals surface area contributed by atoms with Crippen molar-refractivity contribution < 1.29 is 9.59 Å². The molecule has 5 nitrogen and oxygen atoms in total. The van der Waals surface area contributed by atoms with Crippen molar-refractivity contribution in [3.8, 4) is 0 Å². The molecule has 1 aromatic heterocycles. The van der Waals surface area contributed by atoms with Gasteiger partial charge in [0.15, 0.2) is 0 Å². The van der Waals surface area contributed by atoms with Crippen LogP contribution >= 0.6 is 11.3 Å². The Morgan fingerprint density at radius 2 is 1.89 bits per heavy atom. The molecule has 0 bridgehead atoms. The molecule has 0 saturated heterocycles. The molecule has 1 aliphatic heterocycles. The third kappa shape index (κ3) is 4.13. The minimum Gasteiger partial charge on any atom is -0.346 e.